The molecule has 1 heterocycles. The minimum absolute atomic E-state index is 0.155. The van der Waals surface area contributed by atoms with Gasteiger partial charge in [0.1, 0.15) is 17.3 Å². The highest BCUT2D eigenvalue weighted by atomic mass is 79.9. The highest BCUT2D eigenvalue weighted by Gasteiger charge is 2.13. The van der Waals surface area contributed by atoms with E-state index in [1.54, 1.807) is 49.4 Å². The van der Waals surface area contributed by atoms with Gasteiger partial charge in [-0.3, -0.25) is 4.79 Å². The van der Waals surface area contributed by atoms with Gasteiger partial charge in [-0.05, 0) is 35.9 Å². The van der Waals surface area contributed by atoms with Crippen molar-refractivity contribution in [3.8, 4) is 11.5 Å². The molecule has 6 nitrogen and oxygen atoms in total. The second-order valence-corrected chi connectivity index (χ2v) is 6.82. The van der Waals surface area contributed by atoms with Gasteiger partial charge in [0.2, 0.25) is 5.91 Å². The van der Waals surface area contributed by atoms with Crippen LogP contribution >= 0.6 is 15.9 Å². The molecular formula is C20H20BrN3O3. The zero-order chi connectivity index (χ0) is 19.2. The molecule has 0 atom stereocenters. The van der Waals surface area contributed by atoms with E-state index >= 15 is 0 Å². The molecule has 3 aromatic rings. The Kier molecular flexibility index (Phi) is 6.13. The van der Waals surface area contributed by atoms with Crippen LogP contribution in [0.3, 0.4) is 0 Å². The average Bonchev–Trinajstić information content (AvgIpc) is 3.08. The van der Waals surface area contributed by atoms with Gasteiger partial charge < -0.3 is 14.8 Å². The van der Waals surface area contributed by atoms with E-state index in [1.165, 1.54) is 0 Å². The third kappa shape index (κ3) is 4.89. The third-order valence-electron chi connectivity index (χ3n) is 4.04. The molecule has 0 aliphatic rings. The first-order valence-corrected chi connectivity index (χ1v) is 9.15. The van der Waals surface area contributed by atoms with Gasteiger partial charge >= 0.3 is 0 Å². The molecule has 0 aliphatic carbocycles. The molecule has 0 radical (unpaired) electrons. The van der Waals surface area contributed by atoms with Gasteiger partial charge in [0.15, 0.2) is 0 Å². The number of rotatable bonds is 7. The number of anilines is 1. The molecule has 0 bridgehead atoms. The summed E-state index contributed by atoms with van der Waals surface area (Å²) < 4.78 is 13.3. The fourth-order valence-corrected chi connectivity index (χ4v) is 3.20. The molecule has 3 rings (SSSR count). The average molecular weight is 430 g/mol. The van der Waals surface area contributed by atoms with Crippen LogP contribution in [0.2, 0.25) is 0 Å². The molecule has 7 heteroatoms. The van der Waals surface area contributed by atoms with Gasteiger partial charge in [0.25, 0.3) is 0 Å². The first-order valence-electron chi connectivity index (χ1n) is 8.36. The highest BCUT2D eigenvalue weighted by Crippen LogP contribution is 2.25. The van der Waals surface area contributed by atoms with Crippen molar-refractivity contribution < 1.29 is 14.3 Å². The van der Waals surface area contributed by atoms with E-state index < -0.39 is 0 Å². The summed E-state index contributed by atoms with van der Waals surface area (Å²) in [6, 6.07) is 15.1. The Morgan fingerprint density at radius 2 is 2.00 bits per heavy atom. The second-order valence-electron chi connectivity index (χ2n) is 5.91. The predicted molar refractivity (Wildman–Crippen MR) is 107 cm³/mol. The number of nitrogens with one attached hydrogen (secondary N) is 1. The quantitative estimate of drug-likeness (QED) is 0.618. The molecule has 0 spiro atoms. The van der Waals surface area contributed by atoms with Gasteiger partial charge in [0, 0.05) is 16.1 Å². The first-order chi connectivity index (χ1) is 13.1. The van der Waals surface area contributed by atoms with Crippen molar-refractivity contribution in [3.63, 3.8) is 0 Å². The van der Waals surface area contributed by atoms with Crippen LogP contribution in [0.5, 0.6) is 11.5 Å². The van der Waals surface area contributed by atoms with Gasteiger partial charge in [-0.1, -0.05) is 28.1 Å². The van der Waals surface area contributed by atoms with Gasteiger partial charge in [-0.2, -0.15) is 5.10 Å². The molecule has 0 unspecified atom stereocenters. The number of halogens is 1. The number of benzene rings is 2. The minimum atomic E-state index is -0.155. The predicted octanol–water partition coefficient (Wildman–Crippen LogP) is 3.89. The normalized spacial score (nSPS) is 10.5. The maximum atomic E-state index is 12.6. The number of carbonyl (C=O) groups is 1. The molecule has 1 amide bonds. The Balaban J connectivity index is 1.71. The second kappa shape index (κ2) is 8.73. The van der Waals surface area contributed by atoms with Crippen LogP contribution in [0.15, 0.2) is 59.2 Å². The lowest BCUT2D eigenvalue weighted by atomic mass is 10.1. The van der Waals surface area contributed by atoms with Crippen LogP contribution in [0.4, 0.5) is 5.82 Å². The Bertz CT molecular complexity index is 940. The number of hydrogen-bond donors (Lipinski definition) is 1. The van der Waals surface area contributed by atoms with E-state index in [0.717, 1.165) is 15.6 Å². The summed E-state index contributed by atoms with van der Waals surface area (Å²) in [4.78, 5) is 12.6. The fourth-order valence-electron chi connectivity index (χ4n) is 2.75. The number of hydrogen-bond acceptors (Lipinski definition) is 4. The van der Waals surface area contributed by atoms with E-state index in [-0.39, 0.29) is 12.3 Å². The number of ether oxygens (including phenoxy) is 2. The van der Waals surface area contributed by atoms with Crippen LogP contribution < -0.4 is 14.8 Å². The van der Waals surface area contributed by atoms with E-state index in [4.69, 9.17) is 9.47 Å². The smallest absolute Gasteiger partial charge is 0.230 e. The molecule has 27 heavy (non-hydrogen) atoms. The third-order valence-corrected chi connectivity index (χ3v) is 4.54. The lowest BCUT2D eigenvalue weighted by Gasteiger charge is -2.12. The van der Waals surface area contributed by atoms with Crippen molar-refractivity contribution in [2.75, 3.05) is 19.5 Å². The fraction of sp³-hybridized carbons (Fsp3) is 0.200. The monoisotopic (exact) mass is 429 g/mol. The number of aromatic nitrogens is 2. The summed E-state index contributed by atoms with van der Waals surface area (Å²) in [5.74, 6) is 1.81. The van der Waals surface area contributed by atoms with E-state index in [9.17, 15) is 4.79 Å². The summed E-state index contributed by atoms with van der Waals surface area (Å²) in [6.45, 7) is 0.560. The Labute approximate surface area is 166 Å². The molecule has 0 aliphatic heterocycles. The van der Waals surface area contributed by atoms with Crippen molar-refractivity contribution in [1.82, 2.24) is 9.78 Å². The summed E-state index contributed by atoms with van der Waals surface area (Å²) in [7, 11) is 3.17. The number of methoxy groups -OCH3 is 2. The topological polar surface area (TPSA) is 65.4 Å². The summed E-state index contributed by atoms with van der Waals surface area (Å²) >= 11 is 3.47. The molecule has 140 valence electrons. The highest BCUT2D eigenvalue weighted by molar-refractivity contribution is 9.10. The minimum Gasteiger partial charge on any atom is -0.497 e. The van der Waals surface area contributed by atoms with Gasteiger partial charge in [0.05, 0.1) is 33.4 Å². The SMILES string of the molecule is COc1ccc(OC)c(CC(=O)Nc2ccnn2Cc2cccc(Br)c2)c1. The van der Waals surface area contributed by atoms with E-state index in [2.05, 4.69) is 26.3 Å². The Hall–Kier alpha value is -2.80. The molecule has 1 N–H and O–H groups in total. The molecule has 0 saturated heterocycles. The summed E-state index contributed by atoms with van der Waals surface area (Å²) in [5, 5.41) is 7.22. The van der Waals surface area contributed by atoms with E-state index in [0.29, 0.717) is 23.9 Å². The van der Waals surface area contributed by atoms with Crippen LogP contribution in [0.25, 0.3) is 0 Å². The van der Waals surface area contributed by atoms with Crippen molar-refractivity contribution >= 4 is 27.7 Å². The Morgan fingerprint density at radius 3 is 2.74 bits per heavy atom. The van der Waals surface area contributed by atoms with Crippen molar-refractivity contribution in [2.45, 2.75) is 13.0 Å². The standard InChI is InChI=1S/C20H20BrN3O3/c1-26-17-6-7-18(27-2)15(11-17)12-20(25)23-19-8-9-22-24(19)13-14-4-3-5-16(21)10-14/h3-11H,12-13H2,1-2H3,(H,23,25). The van der Waals surface area contributed by atoms with Crippen molar-refractivity contribution in [3.05, 3.63) is 70.3 Å². The van der Waals surface area contributed by atoms with Crippen molar-refractivity contribution in [1.29, 1.82) is 0 Å². The van der Waals surface area contributed by atoms with Crippen LogP contribution in [0.1, 0.15) is 11.1 Å². The summed E-state index contributed by atoms with van der Waals surface area (Å²) in [5.41, 5.74) is 1.84. The zero-order valence-electron chi connectivity index (χ0n) is 15.1. The first kappa shape index (κ1) is 19.0. The Morgan fingerprint density at radius 1 is 1.15 bits per heavy atom. The number of amides is 1. The van der Waals surface area contributed by atoms with Crippen molar-refractivity contribution in [2.24, 2.45) is 0 Å². The molecule has 2 aromatic carbocycles. The summed E-state index contributed by atoms with van der Waals surface area (Å²) in [6.07, 6.45) is 1.84. The maximum Gasteiger partial charge on any atom is 0.230 e. The molecule has 1 aromatic heterocycles. The van der Waals surface area contributed by atoms with Crippen LogP contribution in [0, 0.1) is 0 Å². The maximum absolute atomic E-state index is 12.6. The van der Waals surface area contributed by atoms with Crippen LogP contribution in [-0.2, 0) is 17.8 Å². The lowest BCUT2D eigenvalue weighted by Crippen LogP contribution is -2.18. The zero-order valence-corrected chi connectivity index (χ0v) is 16.7. The van der Waals surface area contributed by atoms with E-state index in [1.807, 2.05) is 24.3 Å². The van der Waals surface area contributed by atoms with Crippen LogP contribution in [-0.4, -0.2) is 29.9 Å². The largest absolute Gasteiger partial charge is 0.497 e. The molecular weight excluding hydrogens is 410 g/mol. The molecule has 0 saturated carbocycles. The van der Waals surface area contributed by atoms with Gasteiger partial charge in [-0.25, -0.2) is 4.68 Å². The van der Waals surface area contributed by atoms with Gasteiger partial charge in [-0.15, -0.1) is 0 Å². The lowest BCUT2D eigenvalue weighted by molar-refractivity contribution is -0.115. The molecule has 0 fully saturated rings. The number of carbonyl (C=O) groups excluding carboxylic acids is 1. The number of nitrogens with zero attached hydrogens (tertiary/aromatic N) is 2.